The Hall–Kier alpha value is -1.74. The molecule has 2 nitrogen and oxygen atoms in total. The van der Waals surface area contributed by atoms with E-state index in [1.807, 2.05) is 42.6 Å². The second kappa shape index (κ2) is 8.21. The van der Waals surface area contributed by atoms with Gasteiger partial charge in [0.2, 0.25) is 0 Å². The fourth-order valence-electron chi connectivity index (χ4n) is 2.69. The minimum atomic E-state index is 0. The van der Waals surface area contributed by atoms with Gasteiger partial charge in [-0.15, -0.1) is 5.52 Å². The molecule has 0 saturated heterocycles. The van der Waals surface area contributed by atoms with E-state index in [0.717, 1.165) is 23.3 Å². The van der Waals surface area contributed by atoms with Crippen molar-refractivity contribution in [3.8, 4) is 0 Å². The van der Waals surface area contributed by atoms with E-state index < -0.39 is 0 Å². The summed E-state index contributed by atoms with van der Waals surface area (Å²) in [5, 5.41) is 1.18. The molecule has 0 bridgehead atoms. The molecule has 1 aliphatic rings. The number of fused-ring (bicyclic) bond motifs is 3. The average Bonchev–Trinajstić information content (AvgIpc) is 2.97. The van der Waals surface area contributed by atoms with Gasteiger partial charge in [0.15, 0.2) is 0 Å². The van der Waals surface area contributed by atoms with Gasteiger partial charge in [-0.05, 0) is 41.1 Å². The van der Waals surface area contributed by atoms with E-state index in [1.54, 1.807) is 0 Å². The second-order valence-corrected chi connectivity index (χ2v) is 4.92. The van der Waals surface area contributed by atoms with E-state index in [4.69, 9.17) is 4.99 Å². The number of rotatable bonds is 1. The standard InChI is InChI=1S/C18H13N2.2CH3.Hf/c1-2-6-15(7-3-1)20-16-8-4-5-13-9-10-14-11-12-19-18(14)17(13)16;;;/h1-4,6-12H,5H2;2*1H3;/q3*-1;. The quantitative estimate of drug-likeness (QED) is 0.370. The van der Waals surface area contributed by atoms with Gasteiger partial charge >= 0.3 is 0 Å². The predicted octanol–water partition coefficient (Wildman–Crippen LogP) is 4.93. The normalized spacial score (nSPS) is 13.7. The van der Waals surface area contributed by atoms with Crippen LogP contribution in [-0.2, 0) is 32.3 Å². The Bertz CT molecular complexity index is 829. The SMILES string of the molecule is C1=CC(=Nc2ccccc2)c2c(ccc3cc[n-]c23)C1.[CH3-].[CH3-].[Hf]. The molecule has 0 fully saturated rings. The summed E-state index contributed by atoms with van der Waals surface area (Å²) < 4.78 is 0. The minimum Gasteiger partial charge on any atom is -0.663 e. The molecule has 0 saturated carbocycles. The molecule has 0 atom stereocenters. The maximum absolute atomic E-state index is 4.78. The number of hydrogen-bond acceptors (Lipinski definition) is 1. The fraction of sp³-hybridized carbons (Fsp3) is 0.0500. The number of aromatic nitrogens is 1. The van der Waals surface area contributed by atoms with E-state index >= 15 is 0 Å². The van der Waals surface area contributed by atoms with Gasteiger partial charge < -0.3 is 19.8 Å². The zero-order valence-corrected chi connectivity index (χ0v) is 17.0. The Morgan fingerprint density at radius 2 is 1.70 bits per heavy atom. The molecule has 0 N–H and O–H groups in total. The van der Waals surface area contributed by atoms with Crippen LogP contribution in [0.5, 0.6) is 0 Å². The van der Waals surface area contributed by atoms with Crippen molar-refractivity contribution in [2.24, 2.45) is 4.99 Å². The van der Waals surface area contributed by atoms with Crippen LogP contribution in [0, 0.1) is 14.9 Å². The van der Waals surface area contributed by atoms with Gasteiger partial charge in [-0.25, -0.2) is 4.99 Å². The van der Waals surface area contributed by atoms with E-state index in [9.17, 15) is 0 Å². The molecule has 0 spiro atoms. The van der Waals surface area contributed by atoms with Crippen LogP contribution in [0.4, 0.5) is 5.69 Å². The summed E-state index contributed by atoms with van der Waals surface area (Å²) in [5.41, 5.74) is 5.51. The summed E-state index contributed by atoms with van der Waals surface area (Å²) in [4.78, 5) is 9.29. The van der Waals surface area contributed by atoms with E-state index in [2.05, 4.69) is 29.3 Å². The van der Waals surface area contributed by atoms with Crippen molar-refractivity contribution in [3.63, 3.8) is 0 Å². The first kappa shape index (κ1) is 19.3. The molecule has 0 radical (unpaired) electrons. The molecule has 1 heterocycles. The zero-order valence-electron chi connectivity index (χ0n) is 13.5. The first-order chi connectivity index (χ1) is 9.92. The summed E-state index contributed by atoms with van der Waals surface area (Å²) in [6.45, 7) is 0. The molecule has 1 aliphatic carbocycles. The molecule has 116 valence electrons. The minimum absolute atomic E-state index is 0. The molecule has 4 rings (SSSR count). The second-order valence-electron chi connectivity index (χ2n) is 4.92. The number of hydrogen-bond donors (Lipinski definition) is 0. The molecule has 3 heteroatoms. The molecular formula is C20H19HfN2-3. The molecule has 0 unspecified atom stereocenters. The van der Waals surface area contributed by atoms with Crippen LogP contribution >= 0.6 is 0 Å². The Labute approximate surface area is 157 Å². The van der Waals surface area contributed by atoms with Crippen LogP contribution in [0.25, 0.3) is 10.9 Å². The number of para-hydroxylation sites is 1. The van der Waals surface area contributed by atoms with E-state index in [0.29, 0.717) is 0 Å². The summed E-state index contributed by atoms with van der Waals surface area (Å²) in [7, 11) is 0. The Balaban J connectivity index is 0.000000882. The Kier molecular flexibility index (Phi) is 6.89. The summed E-state index contributed by atoms with van der Waals surface area (Å²) >= 11 is 0. The molecule has 0 amide bonds. The van der Waals surface area contributed by atoms with Crippen molar-refractivity contribution in [1.29, 1.82) is 0 Å². The van der Waals surface area contributed by atoms with Gasteiger partial charge in [-0.1, -0.05) is 42.5 Å². The van der Waals surface area contributed by atoms with Gasteiger partial charge in [-0.3, -0.25) is 0 Å². The number of allylic oxidation sites excluding steroid dienone is 2. The van der Waals surface area contributed by atoms with Crippen LogP contribution in [0.3, 0.4) is 0 Å². The van der Waals surface area contributed by atoms with Gasteiger partial charge in [0, 0.05) is 25.8 Å². The maximum atomic E-state index is 4.78. The molecule has 2 aromatic carbocycles. The van der Waals surface area contributed by atoms with Gasteiger partial charge in [0.25, 0.3) is 0 Å². The first-order valence-electron chi connectivity index (χ1n) is 6.76. The van der Waals surface area contributed by atoms with Gasteiger partial charge in [-0.2, -0.15) is 6.20 Å². The molecule has 3 aromatic rings. The van der Waals surface area contributed by atoms with Crippen molar-refractivity contribution >= 4 is 22.3 Å². The van der Waals surface area contributed by atoms with Crippen molar-refractivity contribution < 1.29 is 25.8 Å². The van der Waals surface area contributed by atoms with Crippen LogP contribution < -0.4 is 4.98 Å². The van der Waals surface area contributed by atoms with Crippen LogP contribution in [0.1, 0.15) is 11.1 Å². The third-order valence-electron chi connectivity index (χ3n) is 3.63. The third kappa shape index (κ3) is 3.61. The summed E-state index contributed by atoms with van der Waals surface area (Å²) in [6, 6.07) is 16.4. The molecular weight excluding hydrogens is 447 g/mol. The van der Waals surface area contributed by atoms with Crippen LogP contribution in [0.15, 0.2) is 71.9 Å². The van der Waals surface area contributed by atoms with Crippen molar-refractivity contribution in [2.45, 2.75) is 6.42 Å². The monoisotopic (exact) mass is 467 g/mol. The van der Waals surface area contributed by atoms with Crippen molar-refractivity contribution in [1.82, 2.24) is 4.98 Å². The van der Waals surface area contributed by atoms with Gasteiger partial charge in [0.05, 0.1) is 11.4 Å². The summed E-state index contributed by atoms with van der Waals surface area (Å²) in [6.07, 6.45) is 7.08. The van der Waals surface area contributed by atoms with E-state index in [-0.39, 0.29) is 40.7 Å². The number of aliphatic imine (C=N–C) groups is 1. The molecule has 23 heavy (non-hydrogen) atoms. The largest absolute Gasteiger partial charge is 0.663 e. The fourth-order valence-corrected chi connectivity index (χ4v) is 2.69. The van der Waals surface area contributed by atoms with Crippen molar-refractivity contribution in [3.05, 3.63) is 92.9 Å². The summed E-state index contributed by atoms with van der Waals surface area (Å²) in [5.74, 6) is 0. The average molecular weight is 466 g/mol. The van der Waals surface area contributed by atoms with Gasteiger partial charge in [0.1, 0.15) is 0 Å². The molecule has 0 aliphatic heterocycles. The maximum Gasteiger partial charge on any atom is 0.0697 e. The third-order valence-corrected chi connectivity index (χ3v) is 3.63. The van der Waals surface area contributed by atoms with E-state index in [1.165, 1.54) is 16.5 Å². The van der Waals surface area contributed by atoms with Crippen molar-refractivity contribution in [2.75, 3.05) is 0 Å². The Morgan fingerprint density at radius 3 is 2.48 bits per heavy atom. The van der Waals surface area contributed by atoms with Crippen LogP contribution in [0.2, 0.25) is 0 Å². The number of nitrogens with zero attached hydrogens (tertiary/aromatic N) is 2. The topological polar surface area (TPSA) is 26.5 Å². The zero-order chi connectivity index (χ0) is 13.4. The smallest absolute Gasteiger partial charge is 0.0697 e. The predicted molar refractivity (Wildman–Crippen MR) is 95.6 cm³/mol. The number of benzene rings is 2. The molecule has 1 aromatic heterocycles. The first-order valence-corrected chi connectivity index (χ1v) is 6.76. The van der Waals surface area contributed by atoms with Crippen LogP contribution in [-0.4, -0.2) is 5.71 Å². The Morgan fingerprint density at radius 1 is 0.913 bits per heavy atom.